The molecule has 11 heteroatoms. The number of fused-ring (bicyclic) bond motifs is 1. The van der Waals surface area contributed by atoms with Crippen molar-refractivity contribution >= 4 is 22.8 Å². The number of halogens is 3. The number of rotatable bonds is 5. The molecule has 0 fully saturated rings. The lowest BCUT2D eigenvalue weighted by Crippen LogP contribution is -2.31. The van der Waals surface area contributed by atoms with E-state index in [1.54, 1.807) is 29.1 Å². The first-order chi connectivity index (χ1) is 14.8. The molecule has 0 spiro atoms. The minimum atomic E-state index is -4.71. The van der Waals surface area contributed by atoms with Gasteiger partial charge in [0.1, 0.15) is 0 Å². The third-order valence-electron chi connectivity index (χ3n) is 4.50. The maximum atomic E-state index is 12.7. The van der Waals surface area contributed by atoms with Gasteiger partial charge in [0.2, 0.25) is 5.82 Å². The van der Waals surface area contributed by atoms with Crippen LogP contribution in [0.4, 0.5) is 23.7 Å². The highest BCUT2D eigenvalue weighted by Crippen LogP contribution is 2.30. The van der Waals surface area contributed by atoms with Gasteiger partial charge in [0.05, 0.1) is 17.4 Å². The maximum Gasteiger partial charge on any atom is 0.471 e. The lowest BCUT2D eigenvalue weighted by atomic mass is 10.2. The molecule has 0 aliphatic rings. The largest absolute Gasteiger partial charge is 0.471 e. The third kappa shape index (κ3) is 4.65. The highest BCUT2D eigenvalue weighted by atomic mass is 19.4. The Morgan fingerprint density at radius 2 is 1.94 bits per heavy atom. The molecule has 0 atom stereocenters. The Hall–Kier alpha value is -3.89. The summed E-state index contributed by atoms with van der Waals surface area (Å²) in [5.74, 6) is -1.57. The first kappa shape index (κ1) is 20.4. The topological polar surface area (TPSA) is 97.9 Å². The smallest absolute Gasteiger partial charge is 0.336 e. The zero-order valence-electron chi connectivity index (χ0n) is 16.3. The van der Waals surface area contributed by atoms with Crippen LogP contribution < -0.4 is 10.6 Å². The highest BCUT2D eigenvalue weighted by Gasteiger charge is 2.38. The summed E-state index contributed by atoms with van der Waals surface area (Å²) in [5, 5.41) is 8.89. The number of hydrogen-bond donors (Lipinski definition) is 2. The quantitative estimate of drug-likeness (QED) is 0.494. The Kier molecular flexibility index (Phi) is 5.32. The molecule has 0 radical (unpaired) electrons. The number of hydrogen-bond acceptors (Lipinski definition) is 5. The van der Waals surface area contributed by atoms with E-state index in [0.717, 1.165) is 5.56 Å². The van der Waals surface area contributed by atoms with Gasteiger partial charge >= 0.3 is 18.1 Å². The van der Waals surface area contributed by atoms with Crippen LogP contribution in [0.1, 0.15) is 11.5 Å². The van der Waals surface area contributed by atoms with E-state index in [9.17, 15) is 18.0 Å². The lowest BCUT2D eigenvalue weighted by molar-refractivity contribution is -0.159. The van der Waals surface area contributed by atoms with Gasteiger partial charge in [-0.05, 0) is 37.3 Å². The highest BCUT2D eigenvalue weighted by molar-refractivity contribution is 5.89. The van der Waals surface area contributed by atoms with Gasteiger partial charge in [0.25, 0.3) is 0 Å². The lowest BCUT2D eigenvalue weighted by Gasteiger charge is -2.09. The van der Waals surface area contributed by atoms with E-state index in [1.165, 1.54) is 0 Å². The van der Waals surface area contributed by atoms with Gasteiger partial charge in [-0.3, -0.25) is 0 Å². The van der Waals surface area contributed by atoms with Gasteiger partial charge in [0.15, 0.2) is 0 Å². The molecule has 0 aliphatic carbocycles. The summed E-state index contributed by atoms with van der Waals surface area (Å²) in [7, 11) is 0. The first-order valence-corrected chi connectivity index (χ1v) is 9.27. The number of nitrogens with one attached hydrogen (secondary N) is 2. The van der Waals surface area contributed by atoms with Crippen molar-refractivity contribution in [2.45, 2.75) is 19.6 Å². The summed E-state index contributed by atoms with van der Waals surface area (Å²) in [4.78, 5) is 19.7. The third-order valence-corrected chi connectivity index (χ3v) is 4.50. The number of carbonyl (C=O) groups excluding carboxylic acids is 1. The van der Waals surface area contributed by atoms with Gasteiger partial charge in [-0.15, -0.1) is 0 Å². The molecule has 2 heterocycles. The second kappa shape index (κ2) is 8.09. The van der Waals surface area contributed by atoms with Crippen molar-refractivity contribution in [2.24, 2.45) is 0 Å². The summed E-state index contributed by atoms with van der Waals surface area (Å²) in [5.41, 5.74) is 3.44. The molecule has 0 aliphatic heterocycles. The predicted molar refractivity (Wildman–Crippen MR) is 106 cm³/mol. The molecule has 2 aromatic carbocycles. The average molecular weight is 430 g/mol. The minimum Gasteiger partial charge on any atom is -0.336 e. The second-order valence-corrected chi connectivity index (χ2v) is 6.81. The average Bonchev–Trinajstić information content (AvgIpc) is 3.37. The van der Waals surface area contributed by atoms with Gasteiger partial charge in [-0.2, -0.15) is 18.2 Å². The number of aromatic nitrogens is 4. The SMILES string of the molecule is Cc1ccc(NC(=O)NCCn2cnc3ccc(-c4noc(C(F)(F)F)n4)cc32)cc1. The van der Waals surface area contributed by atoms with Crippen molar-refractivity contribution in [1.29, 1.82) is 0 Å². The molecule has 0 saturated heterocycles. The first-order valence-electron chi connectivity index (χ1n) is 9.27. The Morgan fingerprint density at radius 3 is 2.65 bits per heavy atom. The van der Waals surface area contributed by atoms with Crippen molar-refractivity contribution in [1.82, 2.24) is 25.0 Å². The summed E-state index contributed by atoms with van der Waals surface area (Å²) in [6.45, 7) is 2.67. The number of carbonyl (C=O) groups is 1. The summed E-state index contributed by atoms with van der Waals surface area (Å²) in [6.07, 6.45) is -3.12. The van der Waals surface area contributed by atoms with Crippen LogP contribution in [-0.2, 0) is 12.7 Å². The van der Waals surface area contributed by atoms with Crippen LogP contribution in [0.2, 0.25) is 0 Å². The molecule has 2 amide bonds. The molecular weight excluding hydrogens is 413 g/mol. The molecule has 2 aromatic heterocycles. The fraction of sp³-hybridized carbons (Fsp3) is 0.200. The molecule has 0 unspecified atom stereocenters. The number of anilines is 1. The zero-order chi connectivity index (χ0) is 22.0. The normalized spacial score (nSPS) is 11.6. The Morgan fingerprint density at radius 1 is 1.16 bits per heavy atom. The van der Waals surface area contributed by atoms with Crippen LogP contribution in [0.25, 0.3) is 22.4 Å². The molecule has 8 nitrogen and oxygen atoms in total. The standard InChI is InChI=1S/C20H17F3N6O2/c1-12-2-5-14(6-3-12)26-19(30)24-8-9-29-11-25-15-7-4-13(10-16(15)29)17-27-18(31-28-17)20(21,22)23/h2-7,10-11H,8-9H2,1H3,(H2,24,26,30). The van der Waals surface area contributed by atoms with Gasteiger partial charge < -0.3 is 19.7 Å². The van der Waals surface area contributed by atoms with E-state index < -0.39 is 12.1 Å². The number of alkyl halides is 3. The van der Waals surface area contributed by atoms with E-state index in [4.69, 9.17) is 0 Å². The number of aryl methyl sites for hydroxylation is 1. The molecule has 4 rings (SSSR count). The van der Waals surface area contributed by atoms with Crippen LogP contribution in [0, 0.1) is 6.92 Å². The van der Waals surface area contributed by atoms with E-state index >= 15 is 0 Å². The van der Waals surface area contributed by atoms with Crippen LogP contribution in [0.15, 0.2) is 53.3 Å². The minimum absolute atomic E-state index is 0.169. The fourth-order valence-electron chi connectivity index (χ4n) is 2.93. The van der Waals surface area contributed by atoms with E-state index in [1.807, 2.05) is 31.2 Å². The second-order valence-electron chi connectivity index (χ2n) is 6.81. The Balaban J connectivity index is 1.42. The van der Waals surface area contributed by atoms with E-state index in [2.05, 4.69) is 30.3 Å². The number of amides is 2. The van der Waals surface area contributed by atoms with E-state index in [-0.39, 0.29) is 11.9 Å². The Bertz CT molecular complexity index is 1210. The van der Waals surface area contributed by atoms with E-state index in [0.29, 0.717) is 35.4 Å². The molecule has 31 heavy (non-hydrogen) atoms. The molecule has 2 N–H and O–H groups in total. The summed E-state index contributed by atoms with van der Waals surface area (Å²) in [6, 6.07) is 11.9. The summed E-state index contributed by atoms with van der Waals surface area (Å²) < 4.78 is 44.1. The number of nitrogens with zero attached hydrogens (tertiary/aromatic N) is 4. The van der Waals surface area contributed by atoms with Crippen molar-refractivity contribution in [3.8, 4) is 11.4 Å². The number of urea groups is 1. The van der Waals surface area contributed by atoms with Gasteiger partial charge in [-0.1, -0.05) is 22.9 Å². The van der Waals surface area contributed by atoms with Crippen molar-refractivity contribution in [3.05, 3.63) is 60.2 Å². The maximum absolute atomic E-state index is 12.7. The fourth-order valence-corrected chi connectivity index (χ4v) is 2.93. The van der Waals surface area contributed by atoms with Crippen LogP contribution >= 0.6 is 0 Å². The molecular formula is C20H17F3N6O2. The molecule has 160 valence electrons. The van der Waals surface area contributed by atoms with Crippen LogP contribution in [-0.4, -0.2) is 32.3 Å². The van der Waals surface area contributed by atoms with Crippen LogP contribution in [0.5, 0.6) is 0 Å². The monoisotopic (exact) mass is 430 g/mol. The summed E-state index contributed by atoms with van der Waals surface area (Å²) >= 11 is 0. The predicted octanol–water partition coefficient (Wildman–Crippen LogP) is 4.24. The van der Waals surface area contributed by atoms with Crippen LogP contribution in [0.3, 0.4) is 0 Å². The number of imidazole rings is 1. The van der Waals surface area contributed by atoms with Crippen molar-refractivity contribution in [2.75, 3.05) is 11.9 Å². The van der Waals surface area contributed by atoms with Gasteiger partial charge in [-0.25, -0.2) is 9.78 Å². The molecule has 0 saturated carbocycles. The van der Waals surface area contributed by atoms with Gasteiger partial charge in [0, 0.05) is 24.3 Å². The zero-order valence-corrected chi connectivity index (χ0v) is 16.3. The van der Waals surface area contributed by atoms with Crippen molar-refractivity contribution < 1.29 is 22.5 Å². The molecule has 4 aromatic rings. The Labute approximate surface area is 174 Å². The number of benzene rings is 2. The molecule has 0 bridgehead atoms. The van der Waals surface area contributed by atoms with Crippen molar-refractivity contribution in [3.63, 3.8) is 0 Å².